The summed E-state index contributed by atoms with van der Waals surface area (Å²) in [4.78, 5) is 22.2. The first-order valence-electron chi connectivity index (χ1n) is 9.22. The summed E-state index contributed by atoms with van der Waals surface area (Å²) in [6, 6.07) is 7.94. The number of nitrogens with two attached hydrogens (primary N) is 1. The molecule has 1 saturated heterocycles. The van der Waals surface area contributed by atoms with Crippen molar-refractivity contribution in [3.8, 4) is 11.1 Å². The normalized spacial score (nSPS) is 14.4. The molecule has 0 aromatic carbocycles. The largest absolute Gasteiger partial charge is 0.384 e. The molecule has 1 aliphatic rings. The van der Waals surface area contributed by atoms with E-state index >= 15 is 0 Å². The molecule has 1 aliphatic heterocycles. The Labute approximate surface area is 158 Å². The first kappa shape index (κ1) is 17.2. The van der Waals surface area contributed by atoms with Gasteiger partial charge in [-0.1, -0.05) is 6.92 Å². The lowest BCUT2D eigenvalue weighted by Crippen LogP contribution is -2.47. The van der Waals surface area contributed by atoms with Gasteiger partial charge in [-0.05, 0) is 30.7 Å². The van der Waals surface area contributed by atoms with Crippen LogP contribution in [0.5, 0.6) is 0 Å². The number of anilines is 3. The predicted octanol–water partition coefficient (Wildman–Crippen LogP) is 2.40. The molecule has 0 saturated carbocycles. The Bertz CT molecular complexity index is 888. The van der Waals surface area contributed by atoms with Gasteiger partial charge in [0.1, 0.15) is 18.0 Å². The third-order valence-electron chi connectivity index (χ3n) is 4.92. The number of rotatable bonds is 4. The first-order valence-corrected chi connectivity index (χ1v) is 9.22. The quantitative estimate of drug-likeness (QED) is 0.764. The van der Waals surface area contributed by atoms with Crippen LogP contribution < -0.4 is 15.5 Å². The number of aryl methyl sites for hydroxylation is 1. The molecule has 0 amide bonds. The second kappa shape index (κ2) is 7.57. The molecule has 4 rings (SSSR count). The monoisotopic (exact) mass is 361 g/mol. The minimum absolute atomic E-state index is 0.515. The van der Waals surface area contributed by atoms with Gasteiger partial charge in [-0.25, -0.2) is 15.0 Å². The highest BCUT2D eigenvalue weighted by Gasteiger charge is 2.23. The maximum atomic E-state index is 5.76. The summed E-state index contributed by atoms with van der Waals surface area (Å²) in [7, 11) is 0. The molecule has 2 N–H and O–H groups in total. The number of hydrogen-bond acceptors (Lipinski definition) is 7. The highest BCUT2D eigenvalue weighted by Crippen LogP contribution is 2.32. The van der Waals surface area contributed by atoms with Crippen LogP contribution in [0.15, 0.2) is 49.2 Å². The molecule has 0 atom stereocenters. The maximum Gasteiger partial charge on any atom is 0.140 e. The summed E-state index contributed by atoms with van der Waals surface area (Å²) in [6.45, 7) is 5.79. The van der Waals surface area contributed by atoms with Gasteiger partial charge < -0.3 is 15.5 Å². The molecule has 7 nitrogen and oxygen atoms in total. The van der Waals surface area contributed by atoms with E-state index < -0.39 is 0 Å². The number of nitrogen functional groups attached to an aromatic ring is 1. The van der Waals surface area contributed by atoms with E-state index in [1.165, 1.54) is 5.69 Å². The average Bonchev–Trinajstić information content (AvgIpc) is 2.74. The Balaban J connectivity index is 1.62. The predicted molar refractivity (Wildman–Crippen MR) is 108 cm³/mol. The van der Waals surface area contributed by atoms with Crippen LogP contribution in [-0.4, -0.2) is 46.1 Å². The second-order valence-electron chi connectivity index (χ2n) is 6.52. The van der Waals surface area contributed by atoms with Crippen LogP contribution in [0.4, 0.5) is 17.3 Å². The van der Waals surface area contributed by atoms with E-state index in [4.69, 9.17) is 5.73 Å². The van der Waals surface area contributed by atoms with Crippen molar-refractivity contribution >= 4 is 17.3 Å². The molecule has 4 heterocycles. The van der Waals surface area contributed by atoms with Crippen molar-refractivity contribution in [2.24, 2.45) is 0 Å². The van der Waals surface area contributed by atoms with Gasteiger partial charge in [0.2, 0.25) is 0 Å². The molecule has 0 bridgehead atoms. The highest BCUT2D eigenvalue weighted by atomic mass is 15.3. The summed E-state index contributed by atoms with van der Waals surface area (Å²) in [5.41, 5.74) is 10.1. The van der Waals surface area contributed by atoms with Gasteiger partial charge in [0.25, 0.3) is 0 Å². The van der Waals surface area contributed by atoms with Gasteiger partial charge in [-0.2, -0.15) is 0 Å². The fourth-order valence-corrected chi connectivity index (χ4v) is 3.50. The lowest BCUT2D eigenvalue weighted by molar-refractivity contribution is 0.646. The number of nitrogens with zero attached hydrogens (tertiary/aromatic N) is 6. The van der Waals surface area contributed by atoms with Crippen LogP contribution in [0.25, 0.3) is 11.1 Å². The third kappa shape index (κ3) is 3.53. The van der Waals surface area contributed by atoms with E-state index in [1.54, 1.807) is 6.33 Å². The molecule has 1 fully saturated rings. The highest BCUT2D eigenvalue weighted by molar-refractivity contribution is 5.78. The maximum absolute atomic E-state index is 5.76. The fraction of sp³-hybridized carbons (Fsp3) is 0.300. The zero-order chi connectivity index (χ0) is 18.6. The molecule has 0 aliphatic carbocycles. The molecule has 0 spiro atoms. The Morgan fingerprint density at radius 3 is 2.33 bits per heavy atom. The van der Waals surface area contributed by atoms with Crippen molar-refractivity contribution in [3.63, 3.8) is 0 Å². The van der Waals surface area contributed by atoms with E-state index in [-0.39, 0.29) is 0 Å². The van der Waals surface area contributed by atoms with Gasteiger partial charge in [0.15, 0.2) is 0 Å². The molecule has 27 heavy (non-hydrogen) atoms. The van der Waals surface area contributed by atoms with Gasteiger partial charge in [-0.3, -0.25) is 4.98 Å². The van der Waals surface area contributed by atoms with Gasteiger partial charge in [0, 0.05) is 61.6 Å². The number of aromatic nitrogens is 4. The Kier molecular flexibility index (Phi) is 4.82. The van der Waals surface area contributed by atoms with Crippen LogP contribution in [-0.2, 0) is 6.42 Å². The average molecular weight is 361 g/mol. The molecule has 3 aromatic rings. The van der Waals surface area contributed by atoms with E-state index in [2.05, 4.69) is 48.8 Å². The van der Waals surface area contributed by atoms with Crippen LogP contribution in [0.1, 0.15) is 12.6 Å². The minimum atomic E-state index is 0.515. The van der Waals surface area contributed by atoms with E-state index in [0.29, 0.717) is 5.82 Å². The van der Waals surface area contributed by atoms with Gasteiger partial charge >= 0.3 is 0 Å². The van der Waals surface area contributed by atoms with E-state index in [9.17, 15) is 0 Å². The van der Waals surface area contributed by atoms with Crippen molar-refractivity contribution in [1.82, 2.24) is 19.9 Å². The van der Waals surface area contributed by atoms with Crippen molar-refractivity contribution in [2.75, 3.05) is 41.7 Å². The molecule has 7 heteroatoms. The van der Waals surface area contributed by atoms with Crippen LogP contribution in [0.2, 0.25) is 0 Å². The minimum Gasteiger partial charge on any atom is -0.384 e. The van der Waals surface area contributed by atoms with Crippen molar-refractivity contribution in [1.29, 1.82) is 0 Å². The number of piperazine rings is 1. The van der Waals surface area contributed by atoms with Gasteiger partial charge in [-0.15, -0.1) is 0 Å². The summed E-state index contributed by atoms with van der Waals surface area (Å²) in [5, 5.41) is 0. The SMILES string of the molecule is CCc1ncnc(N2CCN(c3ccncc3)CC2)c1-c1ccc(N)nc1. The molecule has 3 aromatic heterocycles. The van der Waals surface area contributed by atoms with Crippen LogP contribution >= 0.6 is 0 Å². The van der Waals surface area contributed by atoms with Crippen molar-refractivity contribution < 1.29 is 0 Å². The van der Waals surface area contributed by atoms with Crippen LogP contribution in [0, 0.1) is 0 Å². The summed E-state index contributed by atoms with van der Waals surface area (Å²) >= 11 is 0. The Morgan fingerprint density at radius 1 is 0.926 bits per heavy atom. The third-order valence-corrected chi connectivity index (χ3v) is 4.92. The molecule has 0 unspecified atom stereocenters. The second-order valence-corrected chi connectivity index (χ2v) is 6.52. The van der Waals surface area contributed by atoms with Crippen LogP contribution in [0.3, 0.4) is 0 Å². The molecular formula is C20H23N7. The Hall–Kier alpha value is -3.22. The summed E-state index contributed by atoms with van der Waals surface area (Å²) in [5.74, 6) is 1.49. The fourth-order valence-electron chi connectivity index (χ4n) is 3.50. The molecular weight excluding hydrogens is 338 g/mol. The van der Waals surface area contributed by atoms with E-state index in [0.717, 1.165) is 55.2 Å². The molecule has 0 radical (unpaired) electrons. The summed E-state index contributed by atoms with van der Waals surface area (Å²) < 4.78 is 0. The van der Waals surface area contributed by atoms with Crippen molar-refractivity contribution in [3.05, 3.63) is 54.9 Å². The number of pyridine rings is 2. The number of hydrogen-bond donors (Lipinski definition) is 1. The first-order chi connectivity index (χ1) is 13.3. The molecule has 138 valence electrons. The zero-order valence-corrected chi connectivity index (χ0v) is 15.4. The zero-order valence-electron chi connectivity index (χ0n) is 15.4. The Morgan fingerprint density at radius 2 is 1.67 bits per heavy atom. The van der Waals surface area contributed by atoms with Gasteiger partial charge in [0.05, 0.1) is 5.69 Å². The smallest absolute Gasteiger partial charge is 0.140 e. The van der Waals surface area contributed by atoms with E-state index in [1.807, 2.05) is 30.7 Å². The van der Waals surface area contributed by atoms with Crippen molar-refractivity contribution in [2.45, 2.75) is 13.3 Å². The topological polar surface area (TPSA) is 84.1 Å². The lowest BCUT2D eigenvalue weighted by Gasteiger charge is -2.37. The summed E-state index contributed by atoms with van der Waals surface area (Å²) in [6.07, 6.45) is 7.99. The standard InChI is InChI=1S/C20H23N7/c1-2-17-19(15-3-4-18(21)23-13-15)20(25-14-24-17)27-11-9-26(10-12-27)16-5-7-22-8-6-16/h3-8,13-14H,2,9-12H2,1H3,(H2,21,23). The lowest BCUT2D eigenvalue weighted by atomic mass is 10.0.